The van der Waals surface area contributed by atoms with Crippen LogP contribution in [-0.2, 0) is 9.09 Å². The maximum atomic E-state index is 10.7. The number of guanidine groups is 1. The maximum Gasteiger partial charge on any atom is 0.470 e. The summed E-state index contributed by atoms with van der Waals surface area (Å²) in [5, 5.41) is 29.2. The molecule has 0 aromatic heterocycles. The number of hydrogen-bond acceptors (Lipinski definition) is 7. The Bertz CT molecular complexity index is 381. The molecular formula is C7H17N4O7P. The van der Waals surface area contributed by atoms with Gasteiger partial charge in [-0.15, -0.1) is 0 Å². The molecule has 0 amide bonds. The molecule has 12 heteroatoms. The molecule has 0 aromatic rings. The van der Waals surface area contributed by atoms with Crippen molar-refractivity contribution in [1.29, 1.82) is 0 Å². The third-order valence-corrected chi connectivity index (χ3v) is 3.24. The molecule has 1 aliphatic carbocycles. The van der Waals surface area contributed by atoms with Gasteiger partial charge in [-0.1, -0.05) is 0 Å². The van der Waals surface area contributed by atoms with Crippen molar-refractivity contribution in [3.05, 3.63) is 0 Å². The van der Waals surface area contributed by atoms with E-state index in [1.807, 2.05) is 0 Å². The lowest BCUT2D eigenvalue weighted by Gasteiger charge is -2.42. The van der Waals surface area contributed by atoms with E-state index in [1.54, 1.807) is 0 Å². The zero-order valence-electron chi connectivity index (χ0n) is 9.64. The van der Waals surface area contributed by atoms with Gasteiger partial charge in [0.1, 0.15) is 24.4 Å². The predicted octanol–water partition coefficient (Wildman–Crippen LogP) is -4.47. The highest BCUT2D eigenvalue weighted by atomic mass is 31.2. The number of aliphatic hydroxyl groups is 3. The summed E-state index contributed by atoms with van der Waals surface area (Å²) in [5.41, 5.74) is 15.7. The Balaban J connectivity index is 2.99. The van der Waals surface area contributed by atoms with E-state index >= 15 is 0 Å². The average molecular weight is 300 g/mol. The van der Waals surface area contributed by atoms with E-state index in [-0.39, 0.29) is 0 Å². The van der Waals surface area contributed by atoms with E-state index < -0.39 is 50.3 Å². The van der Waals surface area contributed by atoms with Crippen LogP contribution in [0.4, 0.5) is 0 Å². The fourth-order valence-corrected chi connectivity index (χ4v) is 2.45. The number of hydrogen-bond donors (Lipinski definition) is 8. The lowest BCUT2D eigenvalue weighted by molar-refractivity contribution is -0.133. The van der Waals surface area contributed by atoms with E-state index in [9.17, 15) is 19.9 Å². The summed E-state index contributed by atoms with van der Waals surface area (Å²) in [5.74, 6) is -0.447. The number of phosphoric acid groups is 1. The van der Waals surface area contributed by atoms with Gasteiger partial charge in [0.05, 0.1) is 12.1 Å². The molecule has 0 aromatic carbocycles. The Morgan fingerprint density at radius 2 is 1.63 bits per heavy atom. The van der Waals surface area contributed by atoms with Crippen LogP contribution in [-0.4, -0.2) is 67.6 Å². The summed E-state index contributed by atoms with van der Waals surface area (Å²) < 4.78 is 15.0. The summed E-state index contributed by atoms with van der Waals surface area (Å²) in [7, 11) is -4.96. The predicted molar refractivity (Wildman–Crippen MR) is 62.5 cm³/mol. The highest BCUT2D eigenvalue weighted by Gasteiger charge is 2.50. The minimum absolute atomic E-state index is 0.447. The van der Waals surface area contributed by atoms with Crippen LogP contribution in [0.1, 0.15) is 0 Å². The zero-order chi connectivity index (χ0) is 15.0. The number of aliphatic hydroxyl groups excluding tert-OH is 3. The minimum atomic E-state index is -4.96. The van der Waals surface area contributed by atoms with E-state index in [4.69, 9.17) is 27.0 Å². The molecule has 0 unspecified atom stereocenters. The van der Waals surface area contributed by atoms with E-state index in [1.165, 1.54) is 0 Å². The molecule has 6 atom stereocenters. The van der Waals surface area contributed by atoms with Gasteiger partial charge in [0.2, 0.25) is 0 Å². The van der Waals surface area contributed by atoms with Gasteiger partial charge in [-0.3, -0.25) is 4.52 Å². The average Bonchev–Trinajstić information content (AvgIpc) is 2.26. The lowest BCUT2D eigenvalue weighted by Crippen LogP contribution is -2.66. The summed E-state index contributed by atoms with van der Waals surface area (Å²) in [6.45, 7) is 0. The Hall–Kier alpha value is -0.780. The minimum Gasteiger partial charge on any atom is -0.389 e. The van der Waals surface area contributed by atoms with Gasteiger partial charge in [-0.25, -0.2) is 9.56 Å². The smallest absolute Gasteiger partial charge is 0.389 e. The molecule has 1 aliphatic rings. The van der Waals surface area contributed by atoms with Crippen molar-refractivity contribution < 1.29 is 34.2 Å². The molecule has 1 fully saturated rings. The first kappa shape index (κ1) is 16.3. The normalized spacial score (nSPS) is 39.9. The van der Waals surface area contributed by atoms with E-state index in [0.29, 0.717) is 0 Å². The maximum absolute atomic E-state index is 10.7. The van der Waals surface area contributed by atoms with Gasteiger partial charge in [0.15, 0.2) is 5.96 Å². The van der Waals surface area contributed by atoms with Crippen LogP contribution in [0.15, 0.2) is 4.99 Å². The van der Waals surface area contributed by atoms with Crippen molar-refractivity contribution in [2.45, 2.75) is 36.5 Å². The molecule has 1 saturated carbocycles. The van der Waals surface area contributed by atoms with Gasteiger partial charge in [0, 0.05) is 0 Å². The monoisotopic (exact) mass is 300 g/mol. The van der Waals surface area contributed by atoms with Crippen molar-refractivity contribution in [2.75, 3.05) is 0 Å². The van der Waals surface area contributed by atoms with Crippen LogP contribution >= 0.6 is 7.82 Å². The molecule has 1 rings (SSSR count). The van der Waals surface area contributed by atoms with Gasteiger partial charge in [0.25, 0.3) is 0 Å². The zero-order valence-corrected chi connectivity index (χ0v) is 10.5. The summed E-state index contributed by atoms with van der Waals surface area (Å²) in [4.78, 5) is 20.9. The third kappa shape index (κ3) is 3.84. The van der Waals surface area contributed by atoms with Crippen molar-refractivity contribution >= 4 is 13.8 Å². The van der Waals surface area contributed by atoms with Gasteiger partial charge >= 0.3 is 7.82 Å². The van der Waals surface area contributed by atoms with Crippen LogP contribution in [0.25, 0.3) is 0 Å². The first-order valence-electron chi connectivity index (χ1n) is 5.17. The van der Waals surface area contributed by atoms with Crippen LogP contribution in [0.3, 0.4) is 0 Å². The largest absolute Gasteiger partial charge is 0.470 e. The second-order valence-corrected chi connectivity index (χ2v) is 5.35. The highest BCUT2D eigenvalue weighted by Crippen LogP contribution is 2.41. The molecule has 0 saturated heterocycles. The second kappa shape index (κ2) is 5.69. The molecule has 112 valence electrons. The van der Waals surface area contributed by atoms with E-state index in [0.717, 1.165) is 0 Å². The van der Waals surface area contributed by atoms with Crippen LogP contribution in [0.2, 0.25) is 0 Å². The fourth-order valence-electron chi connectivity index (χ4n) is 1.86. The van der Waals surface area contributed by atoms with Crippen LogP contribution in [0, 0.1) is 0 Å². The van der Waals surface area contributed by atoms with E-state index in [2.05, 4.69) is 9.52 Å². The number of nitrogens with zero attached hydrogens (tertiary/aromatic N) is 1. The third-order valence-electron chi connectivity index (χ3n) is 2.72. The topological polar surface area (TPSA) is 218 Å². The second-order valence-electron chi connectivity index (χ2n) is 4.15. The molecule has 0 spiro atoms. The highest BCUT2D eigenvalue weighted by molar-refractivity contribution is 7.46. The summed E-state index contributed by atoms with van der Waals surface area (Å²) >= 11 is 0. The quantitative estimate of drug-likeness (QED) is 0.142. The van der Waals surface area contributed by atoms with Gasteiger partial charge in [-0.05, 0) is 0 Å². The molecule has 0 aliphatic heterocycles. The molecular weight excluding hydrogens is 283 g/mol. The first-order chi connectivity index (χ1) is 8.54. The Kier molecular flexibility index (Phi) is 4.87. The number of aliphatic imine (C=N–C) groups is 1. The van der Waals surface area contributed by atoms with Crippen molar-refractivity contribution in [2.24, 2.45) is 22.2 Å². The summed E-state index contributed by atoms with van der Waals surface area (Å²) in [6, 6.07) is -2.73. The van der Waals surface area contributed by atoms with Gasteiger partial charge < -0.3 is 42.3 Å². The molecule has 11 nitrogen and oxygen atoms in total. The number of phosphoric ester groups is 1. The molecule has 0 radical (unpaired) electrons. The Morgan fingerprint density at radius 3 is 2.05 bits per heavy atom. The lowest BCUT2D eigenvalue weighted by atomic mass is 9.82. The molecule has 0 heterocycles. The molecule has 11 N–H and O–H groups in total. The number of nitrogens with two attached hydrogens (primary N) is 3. The standard InChI is InChI=1S/C7H17N4O7P/c8-1-3(12)2(11-7(9)10)4(13)5(14)6(1)18-19(15,16)17/h1-6,12-14H,8H2,(H4,9,10,11)(H2,15,16,17)/t1-,2+,3-,4-,5+,6+/m0/s1. The fraction of sp³-hybridized carbons (Fsp3) is 0.857. The van der Waals surface area contributed by atoms with Crippen molar-refractivity contribution in [1.82, 2.24) is 0 Å². The molecule has 0 bridgehead atoms. The SMILES string of the molecule is NC(N)=N[C@H]1[C@H](O)[C@@H](O)[C@H](OP(=O)(O)O)[C@@H](N)[C@@H]1O. The molecule has 19 heavy (non-hydrogen) atoms. The van der Waals surface area contributed by atoms with Crippen molar-refractivity contribution in [3.63, 3.8) is 0 Å². The number of rotatable bonds is 3. The first-order valence-corrected chi connectivity index (χ1v) is 6.70. The van der Waals surface area contributed by atoms with Crippen molar-refractivity contribution in [3.8, 4) is 0 Å². The summed E-state index contributed by atoms with van der Waals surface area (Å²) in [6.07, 6.45) is -6.71. The Morgan fingerprint density at radius 1 is 1.11 bits per heavy atom. The van der Waals surface area contributed by atoms with Crippen LogP contribution < -0.4 is 17.2 Å². The Labute approximate surface area is 107 Å². The van der Waals surface area contributed by atoms with Crippen LogP contribution in [0.5, 0.6) is 0 Å². The van der Waals surface area contributed by atoms with Gasteiger partial charge in [-0.2, -0.15) is 0 Å².